The zero-order valence-corrected chi connectivity index (χ0v) is 14.7. The molecule has 0 bridgehead atoms. The summed E-state index contributed by atoms with van der Waals surface area (Å²) < 4.78 is 13.0. The molecule has 0 saturated heterocycles. The van der Waals surface area contributed by atoms with Crippen molar-refractivity contribution in [2.24, 2.45) is 0 Å². The van der Waals surface area contributed by atoms with Crippen molar-refractivity contribution in [3.8, 4) is 11.5 Å². The van der Waals surface area contributed by atoms with Gasteiger partial charge in [0.25, 0.3) is 0 Å². The second kappa shape index (κ2) is 7.29. The molecule has 134 valence electrons. The molecule has 0 atom stereocenters. The minimum absolute atomic E-state index is 0.187. The molecule has 0 aliphatic rings. The number of hydrogen-bond acceptors (Lipinski definition) is 5. The Balaban J connectivity index is 1.38. The molecule has 0 amide bonds. The first kappa shape index (κ1) is 16.8. The van der Waals surface area contributed by atoms with Crippen LogP contribution in [-0.4, -0.2) is 20.3 Å². The maximum atomic E-state index is 12.3. The van der Waals surface area contributed by atoms with Crippen LogP contribution in [0.2, 0.25) is 0 Å². The molecule has 0 aliphatic carbocycles. The summed E-state index contributed by atoms with van der Waals surface area (Å²) in [5.41, 5.74) is 2.30. The summed E-state index contributed by atoms with van der Waals surface area (Å²) in [6.07, 6.45) is 6.84. The van der Waals surface area contributed by atoms with Gasteiger partial charge in [-0.2, -0.15) is 0 Å². The number of carbonyl (C=O) groups excluding carboxylic acids is 1. The van der Waals surface area contributed by atoms with E-state index in [9.17, 15) is 4.79 Å². The number of pyridine rings is 2. The molecule has 6 nitrogen and oxygen atoms in total. The fourth-order valence-corrected chi connectivity index (χ4v) is 2.67. The van der Waals surface area contributed by atoms with Crippen LogP contribution in [0.5, 0.6) is 11.5 Å². The van der Waals surface area contributed by atoms with Gasteiger partial charge in [-0.1, -0.05) is 12.1 Å². The molecule has 0 saturated carbocycles. The number of ether oxygens (including phenoxy) is 2. The summed E-state index contributed by atoms with van der Waals surface area (Å²) in [7, 11) is 0. The summed E-state index contributed by atoms with van der Waals surface area (Å²) in [6.45, 7) is 2.07. The highest BCUT2D eigenvalue weighted by Gasteiger charge is 2.10. The van der Waals surface area contributed by atoms with Crippen molar-refractivity contribution in [3.63, 3.8) is 0 Å². The third-order valence-corrected chi connectivity index (χ3v) is 4.11. The normalized spacial score (nSPS) is 10.7. The van der Waals surface area contributed by atoms with E-state index in [1.54, 1.807) is 30.9 Å². The molecular weight excluding hydrogens is 342 g/mol. The third-order valence-electron chi connectivity index (χ3n) is 4.11. The van der Waals surface area contributed by atoms with Crippen LogP contribution < -0.4 is 4.74 Å². The van der Waals surface area contributed by atoms with E-state index in [0.717, 1.165) is 16.9 Å². The lowest BCUT2D eigenvalue weighted by molar-refractivity contribution is 0.0472. The van der Waals surface area contributed by atoms with Crippen LogP contribution in [-0.2, 0) is 11.3 Å². The highest BCUT2D eigenvalue weighted by atomic mass is 16.5. The number of rotatable bonds is 5. The Morgan fingerprint density at radius 1 is 1.04 bits per heavy atom. The van der Waals surface area contributed by atoms with E-state index >= 15 is 0 Å². The van der Waals surface area contributed by atoms with Crippen molar-refractivity contribution in [1.82, 2.24) is 14.4 Å². The highest BCUT2D eigenvalue weighted by Crippen LogP contribution is 2.21. The van der Waals surface area contributed by atoms with Gasteiger partial charge in [0, 0.05) is 12.4 Å². The minimum Gasteiger partial charge on any atom is -0.457 e. The smallest absolute Gasteiger partial charge is 0.339 e. The molecule has 4 rings (SSSR count). The second-order valence-electron chi connectivity index (χ2n) is 6.03. The summed E-state index contributed by atoms with van der Waals surface area (Å²) in [5.74, 6) is 1.81. The van der Waals surface area contributed by atoms with E-state index in [-0.39, 0.29) is 12.6 Å². The molecule has 0 N–H and O–H groups in total. The van der Waals surface area contributed by atoms with E-state index < -0.39 is 0 Å². The number of aromatic nitrogens is 3. The fourth-order valence-electron chi connectivity index (χ4n) is 2.67. The van der Waals surface area contributed by atoms with E-state index in [1.807, 2.05) is 53.8 Å². The first-order valence-electron chi connectivity index (χ1n) is 8.47. The zero-order chi connectivity index (χ0) is 18.6. The molecule has 0 fully saturated rings. The first-order valence-corrected chi connectivity index (χ1v) is 8.47. The van der Waals surface area contributed by atoms with Crippen LogP contribution in [0.4, 0.5) is 0 Å². The maximum absolute atomic E-state index is 12.3. The number of imidazole rings is 1. The Kier molecular flexibility index (Phi) is 4.53. The molecule has 4 aromatic rings. The second-order valence-corrected chi connectivity index (χ2v) is 6.03. The molecule has 0 unspecified atom stereocenters. The van der Waals surface area contributed by atoms with Crippen LogP contribution >= 0.6 is 0 Å². The number of aryl methyl sites for hydroxylation is 1. The van der Waals surface area contributed by atoms with Gasteiger partial charge in [0.05, 0.1) is 23.5 Å². The monoisotopic (exact) mass is 359 g/mol. The van der Waals surface area contributed by atoms with Crippen molar-refractivity contribution >= 4 is 11.5 Å². The lowest BCUT2D eigenvalue weighted by Crippen LogP contribution is -2.06. The van der Waals surface area contributed by atoms with Gasteiger partial charge in [0.1, 0.15) is 23.9 Å². The van der Waals surface area contributed by atoms with Gasteiger partial charge in [-0.05, 0) is 48.9 Å². The number of fused-ring (bicyclic) bond motifs is 1. The van der Waals surface area contributed by atoms with Gasteiger partial charge in [0.2, 0.25) is 0 Å². The lowest BCUT2D eigenvalue weighted by Gasteiger charge is -2.08. The molecule has 3 heterocycles. The van der Waals surface area contributed by atoms with Crippen LogP contribution in [0, 0.1) is 6.92 Å². The van der Waals surface area contributed by atoms with Crippen molar-refractivity contribution in [2.45, 2.75) is 13.5 Å². The number of benzene rings is 1. The summed E-state index contributed by atoms with van der Waals surface area (Å²) >= 11 is 0. The number of hydrogen-bond donors (Lipinski definition) is 0. The summed E-state index contributed by atoms with van der Waals surface area (Å²) in [5, 5.41) is 0. The Bertz CT molecular complexity index is 1070. The van der Waals surface area contributed by atoms with Crippen LogP contribution in [0.25, 0.3) is 5.52 Å². The highest BCUT2D eigenvalue weighted by molar-refractivity contribution is 5.89. The molecule has 0 spiro atoms. The van der Waals surface area contributed by atoms with E-state index in [2.05, 4.69) is 9.97 Å². The predicted octanol–water partition coefficient (Wildman–Crippen LogP) is 4.19. The third kappa shape index (κ3) is 3.79. The van der Waals surface area contributed by atoms with Gasteiger partial charge in [0.15, 0.2) is 0 Å². The van der Waals surface area contributed by atoms with Crippen molar-refractivity contribution in [2.75, 3.05) is 0 Å². The minimum atomic E-state index is -0.374. The summed E-state index contributed by atoms with van der Waals surface area (Å²) in [6, 6.07) is 14.6. The first-order chi connectivity index (χ1) is 13.2. The van der Waals surface area contributed by atoms with Crippen LogP contribution in [0.3, 0.4) is 0 Å². The zero-order valence-electron chi connectivity index (χ0n) is 14.7. The molecule has 1 aromatic carbocycles. The quantitative estimate of drug-likeness (QED) is 0.500. The van der Waals surface area contributed by atoms with Crippen LogP contribution in [0.1, 0.15) is 21.7 Å². The molecule has 27 heavy (non-hydrogen) atoms. The average Bonchev–Trinajstić information content (AvgIpc) is 3.08. The van der Waals surface area contributed by atoms with Gasteiger partial charge < -0.3 is 13.9 Å². The van der Waals surface area contributed by atoms with Crippen molar-refractivity contribution in [1.29, 1.82) is 0 Å². The Hall–Kier alpha value is -3.67. The van der Waals surface area contributed by atoms with Gasteiger partial charge >= 0.3 is 5.97 Å². The number of nitrogens with zero attached hydrogens (tertiary/aromatic N) is 3. The van der Waals surface area contributed by atoms with Crippen molar-refractivity contribution < 1.29 is 14.3 Å². The van der Waals surface area contributed by atoms with Gasteiger partial charge in [-0.25, -0.2) is 9.78 Å². The summed E-state index contributed by atoms with van der Waals surface area (Å²) in [4.78, 5) is 20.5. The number of esters is 1. The van der Waals surface area contributed by atoms with E-state index in [0.29, 0.717) is 17.1 Å². The SMILES string of the molecule is Cc1ncc2ccc(C(=O)OCc3ccc(Oc4cccnc4)cc3)cn12. The predicted molar refractivity (Wildman–Crippen MR) is 99.8 cm³/mol. The molecule has 0 aliphatic heterocycles. The van der Waals surface area contributed by atoms with Crippen LogP contribution in [0.15, 0.2) is 73.3 Å². The molecule has 6 heteroatoms. The fraction of sp³-hybridized carbons (Fsp3) is 0.0952. The van der Waals surface area contributed by atoms with Gasteiger partial charge in [-0.15, -0.1) is 0 Å². The standard InChI is InChI=1S/C21H17N3O3/c1-15-23-11-18-7-6-17(13-24(15)18)21(25)26-14-16-4-8-19(9-5-16)27-20-3-2-10-22-12-20/h2-13H,14H2,1H3. The molecule has 3 aromatic heterocycles. The average molecular weight is 359 g/mol. The van der Waals surface area contributed by atoms with E-state index in [1.165, 1.54) is 0 Å². The van der Waals surface area contributed by atoms with E-state index in [4.69, 9.17) is 9.47 Å². The Morgan fingerprint density at radius 2 is 1.89 bits per heavy atom. The molecule has 0 radical (unpaired) electrons. The number of carbonyl (C=O) groups is 1. The lowest BCUT2D eigenvalue weighted by atomic mass is 10.2. The maximum Gasteiger partial charge on any atom is 0.339 e. The largest absolute Gasteiger partial charge is 0.457 e. The molecular formula is C21H17N3O3. The Morgan fingerprint density at radius 3 is 2.67 bits per heavy atom. The Labute approximate surface area is 156 Å². The topological polar surface area (TPSA) is 65.7 Å². The van der Waals surface area contributed by atoms with Crippen molar-refractivity contribution in [3.05, 3.63) is 90.3 Å². The van der Waals surface area contributed by atoms with Gasteiger partial charge in [-0.3, -0.25) is 4.98 Å².